The van der Waals surface area contributed by atoms with Crippen LogP contribution in [0.5, 0.6) is 5.75 Å². The Morgan fingerprint density at radius 3 is 2.59 bits per heavy atom. The molecule has 0 saturated heterocycles. The summed E-state index contributed by atoms with van der Waals surface area (Å²) in [5.41, 5.74) is 2.41. The number of ketones is 1. The number of Topliss-reactive ketones (excluding diaryl/α,β-unsaturated/α-hetero) is 1. The SMILES string of the molecule is COC(=O)N1c2ccc3c(nc([C@H](O)c4c(OC)ccc(F)c4F)n3[C@@H]3CCC[C@@H](C(C)=O)C3)c2CC[C@@H]1C. The van der Waals surface area contributed by atoms with Gasteiger partial charge in [0.15, 0.2) is 11.6 Å². The number of aromatic nitrogens is 2. The predicted octanol–water partition coefficient (Wildman–Crippen LogP) is 5.63. The standard InChI is InChI=1S/C29H33F2N3O5/c1-15-8-9-19-21(33(15)29(37)39-4)11-12-22-26(19)32-28(34(22)18-7-5-6-17(14-18)16(2)35)27(36)24-23(38-3)13-10-20(30)25(24)31/h10-13,15,17-18,27,36H,5-9,14H2,1-4H3/t15-,17+,18+,27+/m0/s1. The highest BCUT2D eigenvalue weighted by molar-refractivity contribution is 5.95. The Balaban J connectivity index is 1.74. The molecule has 1 aromatic heterocycles. The third-order valence-corrected chi connectivity index (χ3v) is 8.27. The number of nitrogens with zero attached hydrogens (tertiary/aromatic N) is 3. The van der Waals surface area contributed by atoms with Crippen molar-refractivity contribution in [1.29, 1.82) is 0 Å². The molecule has 5 rings (SSSR count). The number of ether oxygens (including phenoxy) is 2. The van der Waals surface area contributed by atoms with Gasteiger partial charge in [-0.15, -0.1) is 0 Å². The van der Waals surface area contributed by atoms with Crippen LogP contribution in [0.25, 0.3) is 11.0 Å². The van der Waals surface area contributed by atoms with Crippen molar-refractivity contribution in [2.24, 2.45) is 5.92 Å². The van der Waals surface area contributed by atoms with Gasteiger partial charge in [0.05, 0.1) is 36.5 Å². The first-order valence-corrected chi connectivity index (χ1v) is 13.3. The van der Waals surface area contributed by atoms with Crippen molar-refractivity contribution in [2.75, 3.05) is 19.1 Å². The second kappa shape index (κ2) is 10.6. The molecule has 0 spiro atoms. The summed E-state index contributed by atoms with van der Waals surface area (Å²) in [5.74, 6) is -2.22. The molecule has 1 saturated carbocycles. The lowest BCUT2D eigenvalue weighted by Gasteiger charge is -2.34. The number of rotatable bonds is 5. The molecule has 1 aliphatic heterocycles. The number of methoxy groups -OCH3 is 2. The van der Waals surface area contributed by atoms with E-state index in [4.69, 9.17) is 14.5 Å². The van der Waals surface area contributed by atoms with Gasteiger partial charge in [-0.05, 0) is 70.2 Å². The third-order valence-electron chi connectivity index (χ3n) is 8.27. The summed E-state index contributed by atoms with van der Waals surface area (Å²) in [7, 11) is 2.66. The van der Waals surface area contributed by atoms with Crippen molar-refractivity contribution in [2.45, 2.75) is 70.6 Å². The average molecular weight is 542 g/mol. The van der Waals surface area contributed by atoms with Crippen molar-refractivity contribution in [3.05, 3.63) is 52.9 Å². The van der Waals surface area contributed by atoms with Gasteiger partial charge in [0.25, 0.3) is 0 Å². The van der Waals surface area contributed by atoms with Crippen molar-refractivity contribution >= 4 is 28.6 Å². The van der Waals surface area contributed by atoms with Gasteiger partial charge in [0.1, 0.15) is 23.5 Å². The summed E-state index contributed by atoms with van der Waals surface area (Å²) in [5, 5.41) is 11.6. The van der Waals surface area contributed by atoms with Crippen LogP contribution in [0.2, 0.25) is 0 Å². The monoisotopic (exact) mass is 541 g/mol. The lowest BCUT2D eigenvalue weighted by Crippen LogP contribution is -2.42. The first kappa shape index (κ1) is 27.1. The lowest BCUT2D eigenvalue weighted by atomic mass is 9.83. The van der Waals surface area contributed by atoms with E-state index in [-0.39, 0.29) is 40.9 Å². The van der Waals surface area contributed by atoms with Gasteiger partial charge in [-0.3, -0.25) is 9.69 Å². The number of benzene rings is 2. The summed E-state index contributed by atoms with van der Waals surface area (Å²) >= 11 is 0. The van der Waals surface area contributed by atoms with E-state index >= 15 is 4.39 Å². The number of halogens is 2. The first-order valence-electron chi connectivity index (χ1n) is 13.3. The molecule has 1 aliphatic carbocycles. The Kier molecular flexibility index (Phi) is 7.33. The van der Waals surface area contributed by atoms with Gasteiger partial charge < -0.3 is 19.1 Å². The fourth-order valence-corrected chi connectivity index (χ4v) is 6.25. The summed E-state index contributed by atoms with van der Waals surface area (Å²) in [6.07, 6.45) is 2.05. The number of hydrogen-bond donors (Lipinski definition) is 1. The Morgan fingerprint density at radius 1 is 1.13 bits per heavy atom. The number of amides is 1. The smallest absolute Gasteiger partial charge is 0.414 e. The quantitative estimate of drug-likeness (QED) is 0.450. The summed E-state index contributed by atoms with van der Waals surface area (Å²) in [6.45, 7) is 3.53. The second-order valence-corrected chi connectivity index (χ2v) is 10.5. The molecule has 0 unspecified atom stereocenters. The minimum atomic E-state index is -1.64. The fourth-order valence-electron chi connectivity index (χ4n) is 6.25. The Morgan fingerprint density at radius 2 is 1.90 bits per heavy atom. The van der Waals surface area contributed by atoms with Crippen molar-refractivity contribution in [1.82, 2.24) is 9.55 Å². The zero-order chi connectivity index (χ0) is 28.0. The molecule has 2 heterocycles. The van der Waals surface area contributed by atoms with Crippen LogP contribution < -0.4 is 9.64 Å². The van der Waals surface area contributed by atoms with Crippen LogP contribution in [0.1, 0.15) is 75.0 Å². The number of aryl methyl sites for hydroxylation is 1. The molecule has 1 fully saturated rings. The molecule has 39 heavy (non-hydrogen) atoms. The molecular formula is C29H33F2N3O5. The third kappa shape index (κ3) is 4.54. The van der Waals surface area contributed by atoms with Gasteiger partial charge in [-0.1, -0.05) is 6.42 Å². The number of hydrogen-bond acceptors (Lipinski definition) is 6. The van der Waals surface area contributed by atoms with Crippen LogP contribution in [-0.4, -0.2) is 46.8 Å². The molecule has 3 aromatic rings. The fraction of sp³-hybridized carbons (Fsp3) is 0.483. The highest BCUT2D eigenvalue weighted by Crippen LogP contribution is 2.43. The largest absolute Gasteiger partial charge is 0.496 e. The molecule has 2 aromatic carbocycles. The van der Waals surface area contributed by atoms with E-state index in [1.165, 1.54) is 20.3 Å². The zero-order valence-corrected chi connectivity index (χ0v) is 22.5. The maximum Gasteiger partial charge on any atom is 0.414 e. The van der Waals surface area contributed by atoms with E-state index < -0.39 is 23.8 Å². The Hall–Kier alpha value is -3.53. The normalized spacial score (nSPS) is 21.9. The number of carbonyl (C=O) groups excluding carboxylic acids is 2. The lowest BCUT2D eigenvalue weighted by molar-refractivity contribution is -0.122. The zero-order valence-electron chi connectivity index (χ0n) is 22.5. The maximum absolute atomic E-state index is 15.1. The number of aliphatic hydroxyl groups is 1. The van der Waals surface area contributed by atoms with Gasteiger partial charge in [-0.2, -0.15) is 0 Å². The first-order chi connectivity index (χ1) is 18.7. The molecule has 208 valence electrons. The highest BCUT2D eigenvalue weighted by atomic mass is 19.2. The van der Waals surface area contributed by atoms with E-state index in [1.807, 2.05) is 23.6 Å². The predicted molar refractivity (Wildman–Crippen MR) is 141 cm³/mol. The molecule has 2 aliphatic rings. The molecule has 1 N–H and O–H groups in total. The number of aliphatic hydroxyl groups excluding tert-OH is 1. The van der Waals surface area contributed by atoms with Crippen molar-refractivity contribution < 1.29 is 33.0 Å². The van der Waals surface area contributed by atoms with E-state index in [1.54, 1.807) is 11.8 Å². The van der Waals surface area contributed by atoms with E-state index in [0.717, 1.165) is 30.9 Å². The molecule has 8 nitrogen and oxygen atoms in total. The van der Waals surface area contributed by atoms with Gasteiger partial charge >= 0.3 is 6.09 Å². The van der Waals surface area contributed by atoms with Gasteiger partial charge in [-0.25, -0.2) is 18.6 Å². The van der Waals surface area contributed by atoms with Crippen LogP contribution in [0.3, 0.4) is 0 Å². The molecule has 10 heteroatoms. The van der Waals surface area contributed by atoms with E-state index in [9.17, 15) is 19.1 Å². The summed E-state index contributed by atoms with van der Waals surface area (Å²) < 4.78 is 41.6. The number of carbonyl (C=O) groups is 2. The Labute approximate surface area is 225 Å². The highest BCUT2D eigenvalue weighted by Gasteiger charge is 2.36. The average Bonchev–Trinajstić information content (AvgIpc) is 3.33. The molecule has 1 amide bonds. The molecular weight excluding hydrogens is 508 g/mol. The second-order valence-electron chi connectivity index (χ2n) is 10.5. The Bertz CT molecular complexity index is 1440. The van der Waals surface area contributed by atoms with Crippen molar-refractivity contribution in [3.8, 4) is 5.75 Å². The van der Waals surface area contributed by atoms with Crippen LogP contribution in [0.15, 0.2) is 24.3 Å². The summed E-state index contributed by atoms with van der Waals surface area (Å²) in [4.78, 5) is 31.4. The van der Waals surface area contributed by atoms with E-state index in [2.05, 4.69) is 0 Å². The van der Waals surface area contributed by atoms with Crippen LogP contribution in [0, 0.1) is 17.6 Å². The molecule has 4 atom stereocenters. The summed E-state index contributed by atoms with van der Waals surface area (Å²) in [6, 6.07) is 5.62. The maximum atomic E-state index is 15.1. The number of imidazole rings is 1. The molecule has 0 bridgehead atoms. The number of anilines is 1. The van der Waals surface area contributed by atoms with Gasteiger partial charge in [0, 0.05) is 23.6 Å². The van der Waals surface area contributed by atoms with Crippen LogP contribution in [0.4, 0.5) is 19.3 Å². The van der Waals surface area contributed by atoms with Gasteiger partial charge in [0.2, 0.25) is 0 Å². The number of fused-ring (bicyclic) bond motifs is 3. The van der Waals surface area contributed by atoms with Crippen LogP contribution >= 0.6 is 0 Å². The minimum Gasteiger partial charge on any atom is -0.496 e. The minimum absolute atomic E-state index is 0.00187. The van der Waals surface area contributed by atoms with Crippen molar-refractivity contribution in [3.63, 3.8) is 0 Å². The molecule has 0 radical (unpaired) electrons. The van der Waals surface area contributed by atoms with E-state index in [0.29, 0.717) is 36.0 Å². The van der Waals surface area contributed by atoms with Crippen LogP contribution in [-0.2, 0) is 16.0 Å². The topological polar surface area (TPSA) is 93.9 Å².